The number of ether oxygens (including phenoxy) is 1. The van der Waals surface area contributed by atoms with Gasteiger partial charge in [-0.1, -0.05) is 30.0 Å². The predicted octanol–water partition coefficient (Wildman–Crippen LogP) is 3.00. The molecule has 4 heteroatoms. The lowest BCUT2D eigenvalue weighted by Gasteiger charge is -2.19. The van der Waals surface area contributed by atoms with Gasteiger partial charge in [-0.05, 0) is 32.4 Å². The maximum Gasteiger partial charge on any atom is 0.316 e. The fourth-order valence-corrected chi connectivity index (χ4v) is 2.40. The summed E-state index contributed by atoms with van der Waals surface area (Å²) in [5.41, 5.74) is 1.60. The fourth-order valence-electron chi connectivity index (χ4n) is 1.60. The summed E-state index contributed by atoms with van der Waals surface area (Å²) in [6.07, 6.45) is 0.472. The third-order valence-electron chi connectivity index (χ3n) is 2.37. The van der Waals surface area contributed by atoms with Crippen LogP contribution in [0.1, 0.15) is 38.3 Å². The van der Waals surface area contributed by atoms with E-state index in [-0.39, 0.29) is 12.6 Å². The van der Waals surface area contributed by atoms with Gasteiger partial charge >= 0.3 is 5.97 Å². The second kappa shape index (κ2) is 8.76. The van der Waals surface area contributed by atoms with Crippen LogP contribution in [-0.2, 0) is 15.3 Å². The Balaban J connectivity index is 2.53. The monoisotopic (exact) mass is 306 g/mol. The average molecular weight is 306 g/mol. The standard InChI is InChI=1S/C17H22O3S/c1-17(2,3)20-16(19)13-21-12-15-10-5-4-8-14(15)9-6-7-11-18/h4-5,8,10,18H,7,11-13H2,1-3H3. The molecule has 0 fully saturated rings. The molecule has 1 aromatic carbocycles. The summed E-state index contributed by atoms with van der Waals surface area (Å²) in [7, 11) is 0. The number of carbonyl (C=O) groups excluding carboxylic acids is 1. The van der Waals surface area contributed by atoms with Crippen LogP contribution in [0.25, 0.3) is 0 Å². The molecule has 3 nitrogen and oxygen atoms in total. The van der Waals surface area contributed by atoms with E-state index in [2.05, 4.69) is 11.8 Å². The molecule has 1 aromatic rings. The van der Waals surface area contributed by atoms with Crippen molar-refractivity contribution >= 4 is 17.7 Å². The number of thioether (sulfide) groups is 1. The van der Waals surface area contributed by atoms with Crippen LogP contribution in [0.5, 0.6) is 0 Å². The molecule has 0 saturated heterocycles. The van der Waals surface area contributed by atoms with Crippen LogP contribution in [0.2, 0.25) is 0 Å². The number of esters is 1. The molecule has 114 valence electrons. The van der Waals surface area contributed by atoms with Crippen molar-refractivity contribution in [2.45, 2.75) is 38.5 Å². The smallest absolute Gasteiger partial charge is 0.316 e. The lowest BCUT2D eigenvalue weighted by molar-refractivity contribution is -0.151. The van der Waals surface area contributed by atoms with E-state index in [9.17, 15) is 4.79 Å². The molecule has 0 atom stereocenters. The van der Waals surface area contributed by atoms with Crippen LogP contribution in [0.3, 0.4) is 0 Å². The maximum atomic E-state index is 11.6. The second-order valence-corrected chi connectivity index (χ2v) is 6.50. The van der Waals surface area contributed by atoms with Gasteiger partial charge in [0.25, 0.3) is 0 Å². The van der Waals surface area contributed by atoms with E-state index in [1.807, 2.05) is 45.0 Å². The quantitative estimate of drug-likeness (QED) is 0.671. The molecule has 0 aromatic heterocycles. The van der Waals surface area contributed by atoms with Gasteiger partial charge in [-0.15, -0.1) is 11.8 Å². The number of carbonyl (C=O) groups is 1. The minimum atomic E-state index is -0.439. The fraction of sp³-hybridized carbons (Fsp3) is 0.471. The van der Waals surface area contributed by atoms with Crippen molar-refractivity contribution < 1.29 is 14.6 Å². The highest BCUT2D eigenvalue weighted by Crippen LogP contribution is 2.17. The van der Waals surface area contributed by atoms with Crippen molar-refractivity contribution in [3.05, 3.63) is 35.4 Å². The number of hydrogen-bond acceptors (Lipinski definition) is 4. The van der Waals surface area contributed by atoms with Crippen molar-refractivity contribution in [1.82, 2.24) is 0 Å². The van der Waals surface area contributed by atoms with E-state index in [1.54, 1.807) is 0 Å². The van der Waals surface area contributed by atoms with Gasteiger partial charge in [0.1, 0.15) is 5.60 Å². The third kappa shape index (κ3) is 7.79. The van der Waals surface area contributed by atoms with E-state index < -0.39 is 5.60 Å². The van der Waals surface area contributed by atoms with Crippen molar-refractivity contribution in [2.24, 2.45) is 0 Å². The molecule has 0 bridgehead atoms. The van der Waals surface area contributed by atoms with Crippen molar-refractivity contribution in [1.29, 1.82) is 0 Å². The van der Waals surface area contributed by atoms with E-state index in [0.29, 0.717) is 17.9 Å². The highest BCUT2D eigenvalue weighted by atomic mass is 32.2. The zero-order valence-corrected chi connectivity index (χ0v) is 13.6. The number of hydrogen-bond donors (Lipinski definition) is 1. The number of benzene rings is 1. The molecule has 0 unspecified atom stereocenters. The summed E-state index contributed by atoms with van der Waals surface area (Å²) >= 11 is 1.52. The normalized spacial score (nSPS) is 10.7. The maximum absolute atomic E-state index is 11.6. The molecule has 1 N–H and O–H groups in total. The van der Waals surface area contributed by atoms with Crippen molar-refractivity contribution in [3.63, 3.8) is 0 Å². The molecule has 0 heterocycles. The average Bonchev–Trinajstić information content (AvgIpc) is 2.38. The summed E-state index contributed by atoms with van der Waals surface area (Å²) in [4.78, 5) is 11.6. The Morgan fingerprint density at radius 2 is 2.05 bits per heavy atom. The first-order valence-electron chi connectivity index (χ1n) is 6.89. The first kappa shape index (κ1) is 17.6. The molecule has 0 spiro atoms. The van der Waals surface area contributed by atoms with Crippen LogP contribution in [0.4, 0.5) is 0 Å². The van der Waals surface area contributed by atoms with Crippen LogP contribution in [0, 0.1) is 11.8 Å². The largest absolute Gasteiger partial charge is 0.459 e. The second-order valence-electron chi connectivity index (χ2n) is 5.51. The van der Waals surface area contributed by atoms with Crippen LogP contribution in [0.15, 0.2) is 24.3 Å². The molecular weight excluding hydrogens is 284 g/mol. The number of rotatable bonds is 5. The van der Waals surface area contributed by atoms with E-state index in [4.69, 9.17) is 9.84 Å². The summed E-state index contributed by atoms with van der Waals surface area (Å²) in [5, 5.41) is 8.75. The molecule has 1 rings (SSSR count). The molecule has 0 aliphatic carbocycles. The molecule has 0 radical (unpaired) electrons. The van der Waals surface area contributed by atoms with Gasteiger partial charge < -0.3 is 9.84 Å². The molecule has 0 aliphatic heterocycles. The zero-order valence-electron chi connectivity index (χ0n) is 12.8. The lowest BCUT2D eigenvalue weighted by Crippen LogP contribution is -2.24. The summed E-state index contributed by atoms with van der Waals surface area (Å²) in [6, 6.07) is 7.85. The van der Waals surface area contributed by atoms with Gasteiger partial charge in [0.2, 0.25) is 0 Å². The van der Waals surface area contributed by atoms with E-state index >= 15 is 0 Å². The molecular formula is C17H22O3S. The van der Waals surface area contributed by atoms with Gasteiger partial charge in [-0.25, -0.2) is 0 Å². The van der Waals surface area contributed by atoms with Crippen molar-refractivity contribution in [2.75, 3.05) is 12.4 Å². The van der Waals surface area contributed by atoms with Gasteiger partial charge in [0, 0.05) is 17.7 Å². The molecule has 0 saturated carbocycles. The first-order chi connectivity index (χ1) is 9.92. The highest BCUT2D eigenvalue weighted by molar-refractivity contribution is 7.99. The number of aliphatic hydroxyl groups excluding tert-OH is 1. The van der Waals surface area contributed by atoms with E-state index in [1.165, 1.54) is 11.8 Å². The Hall–Kier alpha value is -1.44. The van der Waals surface area contributed by atoms with Gasteiger partial charge in [-0.2, -0.15) is 0 Å². The number of aliphatic hydroxyl groups is 1. The predicted molar refractivity (Wildman–Crippen MR) is 87.0 cm³/mol. The SMILES string of the molecule is CC(C)(C)OC(=O)CSCc1ccccc1C#CCCO. The Bertz CT molecular complexity index is 521. The Morgan fingerprint density at radius 3 is 2.71 bits per heavy atom. The minimum Gasteiger partial charge on any atom is -0.459 e. The van der Waals surface area contributed by atoms with Crippen LogP contribution in [-0.4, -0.2) is 29.0 Å². The topological polar surface area (TPSA) is 46.5 Å². The van der Waals surface area contributed by atoms with Gasteiger partial charge in [0.05, 0.1) is 12.4 Å². The van der Waals surface area contributed by atoms with Crippen molar-refractivity contribution in [3.8, 4) is 11.8 Å². The van der Waals surface area contributed by atoms with Crippen LogP contribution >= 0.6 is 11.8 Å². The molecule has 0 aliphatic rings. The highest BCUT2D eigenvalue weighted by Gasteiger charge is 2.16. The summed E-state index contributed by atoms with van der Waals surface area (Å²) < 4.78 is 5.27. The first-order valence-corrected chi connectivity index (χ1v) is 8.05. The Morgan fingerprint density at radius 1 is 1.33 bits per heavy atom. The molecule has 0 amide bonds. The summed E-state index contributed by atoms with van der Waals surface area (Å²) in [6.45, 7) is 5.66. The van der Waals surface area contributed by atoms with Gasteiger partial charge in [-0.3, -0.25) is 4.79 Å². The third-order valence-corrected chi connectivity index (χ3v) is 3.33. The Kier molecular flexibility index (Phi) is 7.35. The Labute approximate surface area is 131 Å². The zero-order chi connectivity index (χ0) is 15.7. The lowest BCUT2D eigenvalue weighted by atomic mass is 10.1. The van der Waals surface area contributed by atoms with E-state index in [0.717, 1.165) is 11.1 Å². The minimum absolute atomic E-state index is 0.0720. The van der Waals surface area contributed by atoms with Crippen LogP contribution < -0.4 is 0 Å². The molecule has 21 heavy (non-hydrogen) atoms. The van der Waals surface area contributed by atoms with Gasteiger partial charge in [0.15, 0.2) is 0 Å². The summed E-state index contributed by atoms with van der Waals surface area (Å²) in [5.74, 6) is 6.81.